The Balaban J connectivity index is 1.87. The van der Waals surface area contributed by atoms with Gasteiger partial charge in [0.1, 0.15) is 6.61 Å². The van der Waals surface area contributed by atoms with Gasteiger partial charge in [0.2, 0.25) is 0 Å². The van der Waals surface area contributed by atoms with Crippen molar-refractivity contribution in [2.75, 3.05) is 46.5 Å². The fraction of sp³-hybridized carbons (Fsp3) is 0.571. The third-order valence-corrected chi connectivity index (χ3v) is 3.17. The van der Waals surface area contributed by atoms with E-state index in [9.17, 15) is 4.39 Å². The normalized spacial score (nSPS) is 16.5. The molecule has 0 atom stereocenters. The van der Waals surface area contributed by atoms with Gasteiger partial charge in [-0.05, 0) is 13.1 Å². The van der Waals surface area contributed by atoms with Gasteiger partial charge in [0.15, 0.2) is 11.6 Å². The van der Waals surface area contributed by atoms with Gasteiger partial charge in [0.05, 0.1) is 13.2 Å². The van der Waals surface area contributed by atoms with Crippen LogP contribution >= 0.6 is 0 Å². The number of para-hydroxylation sites is 1. The molecule has 0 bridgehead atoms. The minimum absolute atomic E-state index is 0.297. The average Bonchev–Trinajstić information content (AvgIpc) is 2.43. The molecular weight excluding hydrogens is 247 g/mol. The van der Waals surface area contributed by atoms with Crippen LogP contribution in [0.3, 0.4) is 0 Å². The van der Waals surface area contributed by atoms with Crippen molar-refractivity contribution in [2.45, 2.75) is 6.54 Å². The Bertz CT molecular complexity index is 395. The van der Waals surface area contributed by atoms with E-state index in [1.807, 2.05) is 13.1 Å². The van der Waals surface area contributed by atoms with Crippen LogP contribution in [0.5, 0.6) is 5.75 Å². The first-order valence-electron chi connectivity index (χ1n) is 6.66. The third-order valence-electron chi connectivity index (χ3n) is 3.17. The van der Waals surface area contributed by atoms with Crippen LogP contribution in [0.2, 0.25) is 0 Å². The molecule has 1 fully saturated rings. The van der Waals surface area contributed by atoms with Crippen molar-refractivity contribution in [1.29, 1.82) is 0 Å². The Hall–Kier alpha value is -1.17. The van der Waals surface area contributed by atoms with E-state index in [4.69, 9.17) is 9.47 Å². The second-order valence-electron chi connectivity index (χ2n) is 4.56. The zero-order valence-corrected chi connectivity index (χ0v) is 11.3. The standard InChI is InChI=1S/C14H21FN2O2/c1-16-11-12-3-2-4-13(15)14(12)19-10-7-17-5-8-18-9-6-17/h2-4,16H,5-11H2,1H3. The van der Waals surface area contributed by atoms with Crippen LogP contribution < -0.4 is 10.1 Å². The number of nitrogens with zero attached hydrogens (tertiary/aromatic N) is 1. The molecule has 106 valence electrons. The molecule has 1 saturated heterocycles. The van der Waals surface area contributed by atoms with Gasteiger partial charge < -0.3 is 14.8 Å². The van der Waals surface area contributed by atoms with E-state index >= 15 is 0 Å². The lowest BCUT2D eigenvalue weighted by Gasteiger charge is -2.26. The SMILES string of the molecule is CNCc1cccc(F)c1OCCN1CCOCC1. The zero-order chi connectivity index (χ0) is 13.5. The van der Waals surface area contributed by atoms with Crippen LogP contribution in [-0.2, 0) is 11.3 Å². The number of rotatable bonds is 6. The van der Waals surface area contributed by atoms with Crippen molar-refractivity contribution < 1.29 is 13.9 Å². The summed E-state index contributed by atoms with van der Waals surface area (Å²) in [5, 5.41) is 3.02. The second-order valence-corrected chi connectivity index (χ2v) is 4.56. The molecule has 0 aromatic heterocycles. The Labute approximate surface area is 113 Å². The molecule has 1 aromatic rings. The first-order valence-corrected chi connectivity index (χ1v) is 6.66. The number of hydrogen-bond donors (Lipinski definition) is 1. The van der Waals surface area contributed by atoms with Gasteiger partial charge in [0, 0.05) is 31.7 Å². The second kappa shape index (κ2) is 7.43. The first-order chi connectivity index (χ1) is 9.31. The van der Waals surface area contributed by atoms with Gasteiger partial charge in [-0.2, -0.15) is 0 Å². The number of ether oxygens (including phenoxy) is 2. The molecule has 0 spiro atoms. The minimum Gasteiger partial charge on any atom is -0.489 e. The molecule has 1 aliphatic rings. The molecule has 0 aliphatic carbocycles. The molecule has 0 saturated carbocycles. The lowest BCUT2D eigenvalue weighted by atomic mass is 10.2. The molecule has 2 rings (SSSR count). The van der Waals surface area contributed by atoms with Crippen LogP contribution in [0.25, 0.3) is 0 Å². The molecule has 1 aliphatic heterocycles. The van der Waals surface area contributed by atoms with Crippen molar-refractivity contribution in [3.63, 3.8) is 0 Å². The smallest absolute Gasteiger partial charge is 0.165 e. The van der Waals surface area contributed by atoms with Crippen molar-refractivity contribution in [3.05, 3.63) is 29.6 Å². The summed E-state index contributed by atoms with van der Waals surface area (Å²) in [5.41, 5.74) is 0.851. The summed E-state index contributed by atoms with van der Waals surface area (Å²) < 4.78 is 24.7. The van der Waals surface area contributed by atoms with E-state index in [-0.39, 0.29) is 5.82 Å². The van der Waals surface area contributed by atoms with E-state index in [0.717, 1.165) is 38.4 Å². The largest absolute Gasteiger partial charge is 0.489 e. The van der Waals surface area contributed by atoms with Crippen LogP contribution in [-0.4, -0.2) is 51.4 Å². The lowest BCUT2D eigenvalue weighted by molar-refractivity contribution is 0.0320. The fourth-order valence-electron chi connectivity index (χ4n) is 2.15. The fourth-order valence-corrected chi connectivity index (χ4v) is 2.15. The highest BCUT2D eigenvalue weighted by molar-refractivity contribution is 5.34. The summed E-state index contributed by atoms with van der Waals surface area (Å²) in [6, 6.07) is 5.02. The van der Waals surface area contributed by atoms with Gasteiger partial charge in [-0.15, -0.1) is 0 Å². The molecule has 1 heterocycles. The molecule has 0 amide bonds. The predicted octanol–water partition coefficient (Wildman–Crippen LogP) is 1.26. The predicted molar refractivity (Wildman–Crippen MR) is 71.9 cm³/mol. The van der Waals surface area contributed by atoms with Gasteiger partial charge in [-0.25, -0.2) is 4.39 Å². The number of hydrogen-bond acceptors (Lipinski definition) is 4. The summed E-state index contributed by atoms with van der Waals surface area (Å²) in [6.07, 6.45) is 0. The lowest BCUT2D eigenvalue weighted by Crippen LogP contribution is -2.38. The molecule has 0 radical (unpaired) electrons. The van der Waals surface area contributed by atoms with E-state index in [2.05, 4.69) is 10.2 Å². The zero-order valence-electron chi connectivity index (χ0n) is 11.3. The van der Waals surface area contributed by atoms with E-state index < -0.39 is 0 Å². The van der Waals surface area contributed by atoms with E-state index in [1.54, 1.807) is 6.07 Å². The Morgan fingerprint density at radius 3 is 2.89 bits per heavy atom. The quantitative estimate of drug-likeness (QED) is 0.842. The molecule has 1 aromatic carbocycles. The Morgan fingerprint density at radius 1 is 1.37 bits per heavy atom. The number of benzene rings is 1. The number of morpholine rings is 1. The third kappa shape index (κ3) is 4.16. The summed E-state index contributed by atoms with van der Waals surface area (Å²) in [6.45, 7) is 5.28. The topological polar surface area (TPSA) is 33.7 Å². The molecular formula is C14H21FN2O2. The number of halogens is 1. The van der Waals surface area contributed by atoms with E-state index in [1.165, 1.54) is 6.07 Å². The highest BCUT2D eigenvalue weighted by Crippen LogP contribution is 2.22. The van der Waals surface area contributed by atoms with Crippen molar-refractivity contribution in [3.8, 4) is 5.75 Å². The van der Waals surface area contributed by atoms with Crippen LogP contribution in [0.4, 0.5) is 4.39 Å². The van der Waals surface area contributed by atoms with E-state index in [0.29, 0.717) is 18.9 Å². The van der Waals surface area contributed by atoms with Crippen molar-refractivity contribution in [1.82, 2.24) is 10.2 Å². The Morgan fingerprint density at radius 2 is 2.16 bits per heavy atom. The minimum atomic E-state index is -0.297. The number of nitrogens with one attached hydrogen (secondary N) is 1. The van der Waals surface area contributed by atoms with Gasteiger partial charge in [-0.1, -0.05) is 12.1 Å². The van der Waals surface area contributed by atoms with Gasteiger partial charge >= 0.3 is 0 Å². The summed E-state index contributed by atoms with van der Waals surface area (Å²) >= 11 is 0. The van der Waals surface area contributed by atoms with Gasteiger partial charge in [-0.3, -0.25) is 4.90 Å². The van der Waals surface area contributed by atoms with Crippen LogP contribution in [0, 0.1) is 5.82 Å². The summed E-state index contributed by atoms with van der Waals surface area (Å²) in [5.74, 6) is 0.0693. The average molecular weight is 268 g/mol. The molecule has 0 unspecified atom stereocenters. The molecule has 5 heteroatoms. The molecule has 4 nitrogen and oxygen atoms in total. The maximum absolute atomic E-state index is 13.8. The maximum Gasteiger partial charge on any atom is 0.165 e. The molecule has 19 heavy (non-hydrogen) atoms. The molecule has 1 N–H and O–H groups in total. The maximum atomic E-state index is 13.8. The highest BCUT2D eigenvalue weighted by atomic mass is 19.1. The van der Waals surface area contributed by atoms with Crippen molar-refractivity contribution in [2.24, 2.45) is 0 Å². The summed E-state index contributed by atoms with van der Waals surface area (Å²) in [7, 11) is 1.84. The summed E-state index contributed by atoms with van der Waals surface area (Å²) in [4.78, 5) is 2.27. The van der Waals surface area contributed by atoms with Crippen LogP contribution in [0.15, 0.2) is 18.2 Å². The highest BCUT2D eigenvalue weighted by Gasteiger charge is 2.12. The van der Waals surface area contributed by atoms with Crippen LogP contribution in [0.1, 0.15) is 5.56 Å². The Kier molecular flexibility index (Phi) is 5.57. The monoisotopic (exact) mass is 268 g/mol. The first kappa shape index (κ1) is 14.2. The van der Waals surface area contributed by atoms with Gasteiger partial charge in [0.25, 0.3) is 0 Å². The van der Waals surface area contributed by atoms with Crippen molar-refractivity contribution >= 4 is 0 Å².